The van der Waals surface area contributed by atoms with Gasteiger partial charge in [0.05, 0.1) is 25.2 Å². The maximum Gasteiger partial charge on any atom is 0.269 e. The van der Waals surface area contributed by atoms with Crippen LogP contribution < -0.4 is 0 Å². The zero-order chi connectivity index (χ0) is 14.3. The predicted molar refractivity (Wildman–Crippen MR) is 74.9 cm³/mol. The van der Waals surface area contributed by atoms with Crippen LogP contribution >= 0.6 is 0 Å². The Morgan fingerprint density at radius 3 is 2.21 bits per heavy atom. The molecular weight excluding hydrogens is 244 g/mol. The molecule has 1 aliphatic rings. The van der Waals surface area contributed by atoms with Crippen molar-refractivity contribution in [1.82, 2.24) is 0 Å². The molecule has 0 aromatic heterocycles. The number of nitro groups is 1. The third-order valence-corrected chi connectivity index (χ3v) is 3.26. The van der Waals surface area contributed by atoms with Crippen molar-refractivity contribution in [3.8, 4) is 0 Å². The molecule has 2 rings (SSSR count). The molecule has 0 amide bonds. The third-order valence-electron chi connectivity index (χ3n) is 3.26. The maximum atomic E-state index is 10.6. The minimum absolute atomic E-state index is 0.151. The smallest absolute Gasteiger partial charge is 0.269 e. The molecule has 5 heteroatoms. The Bertz CT molecular complexity index is 398. The van der Waals surface area contributed by atoms with Crippen LogP contribution in [0.3, 0.4) is 0 Å². The van der Waals surface area contributed by atoms with Crippen LogP contribution in [0, 0.1) is 10.1 Å². The topological polar surface area (TPSA) is 52.4 Å². The van der Waals surface area contributed by atoms with Crippen molar-refractivity contribution in [1.29, 1.82) is 0 Å². The molecule has 1 aliphatic heterocycles. The number of hydrogen-bond acceptors (Lipinski definition) is 3. The minimum Gasteiger partial charge on any atom is -0.370 e. The summed E-state index contributed by atoms with van der Waals surface area (Å²) in [4.78, 5) is 10.2. The number of likely N-dealkylation sites (N-methyl/N-ethyl adjacent to an activating group) is 1. The van der Waals surface area contributed by atoms with E-state index in [4.69, 9.17) is 4.74 Å². The highest BCUT2D eigenvalue weighted by molar-refractivity contribution is 5.32. The number of nitro benzene ring substituents is 1. The Hall–Kier alpha value is -1.46. The summed E-state index contributed by atoms with van der Waals surface area (Å²) in [5.74, 6) is 0. The second kappa shape index (κ2) is 7.21. The lowest BCUT2D eigenvalue weighted by molar-refractivity contribution is -0.929. The first-order valence-corrected chi connectivity index (χ1v) is 6.74. The molecule has 19 heavy (non-hydrogen) atoms. The lowest BCUT2D eigenvalue weighted by atomic mass is 10.1. The molecule has 1 saturated heterocycles. The van der Waals surface area contributed by atoms with E-state index < -0.39 is 0 Å². The van der Waals surface area contributed by atoms with Crippen LogP contribution in [0.2, 0.25) is 0 Å². The fraction of sp³-hybridized carbons (Fsp3) is 0.571. The Morgan fingerprint density at radius 2 is 1.74 bits per heavy atom. The van der Waals surface area contributed by atoms with Gasteiger partial charge in [0.2, 0.25) is 0 Å². The monoisotopic (exact) mass is 267 g/mol. The van der Waals surface area contributed by atoms with E-state index in [-0.39, 0.29) is 10.6 Å². The van der Waals surface area contributed by atoms with Gasteiger partial charge < -0.3 is 9.22 Å². The lowest BCUT2D eigenvalue weighted by Gasteiger charge is -2.37. The van der Waals surface area contributed by atoms with Crippen LogP contribution in [0.25, 0.3) is 0 Å². The Balaban J connectivity index is 0.000000861. The largest absolute Gasteiger partial charge is 0.370 e. The van der Waals surface area contributed by atoms with E-state index in [1.807, 2.05) is 26.0 Å². The summed E-state index contributed by atoms with van der Waals surface area (Å²) in [5.41, 5.74) is 1.29. The fourth-order valence-electron chi connectivity index (χ4n) is 2.11. The number of morpholine rings is 1. The second-order valence-corrected chi connectivity index (χ2v) is 4.76. The van der Waals surface area contributed by atoms with Crippen LogP contribution in [0.4, 0.5) is 5.69 Å². The van der Waals surface area contributed by atoms with E-state index in [9.17, 15) is 10.1 Å². The quantitative estimate of drug-likeness (QED) is 0.480. The molecule has 0 unspecified atom stereocenters. The van der Waals surface area contributed by atoms with E-state index in [1.54, 1.807) is 12.1 Å². The number of quaternary nitrogens is 1. The Labute approximate surface area is 114 Å². The first kappa shape index (κ1) is 15.6. The Morgan fingerprint density at radius 1 is 1.21 bits per heavy atom. The van der Waals surface area contributed by atoms with Gasteiger partial charge in [-0.1, -0.05) is 13.8 Å². The molecule has 0 N–H and O–H groups in total. The predicted octanol–water partition coefficient (Wildman–Crippen LogP) is 2.60. The van der Waals surface area contributed by atoms with Gasteiger partial charge in [-0.3, -0.25) is 10.1 Å². The highest BCUT2D eigenvalue weighted by atomic mass is 16.6. The maximum absolute atomic E-state index is 10.6. The zero-order valence-electron chi connectivity index (χ0n) is 12.0. The van der Waals surface area contributed by atoms with Gasteiger partial charge in [0.1, 0.15) is 19.6 Å². The summed E-state index contributed by atoms with van der Waals surface area (Å²) in [7, 11) is 2.20. The Kier molecular flexibility index (Phi) is 5.92. The van der Waals surface area contributed by atoms with Gasteiger partial charge in [0.15, 0.2) is 0 Å². The molecule has 0 aliphatic carbocycles. The lowest BCUT2D eigenvalue weighted by Crippen LogP contribution is -2.51. The van der Waals surface area contributed by atoms with Gasteiger partial charge in [-0.05, 0) is 12.1 Å². The summed E-state index contributed by atoms with van der Waals surface area (Å²) >= 11 is 0. The van der Waals surface area contributed by atoms with Crippen molar-refractivity contribution in [3.05, 3.63) is 39.9 Å². The van der Waals surface area contributed by atoms with Crippen LogP contribution in [0.15, 0.2) is 24.3 Å². The molecule has 0 radical (unpaired) electrons. The molecule has 5 nitrogen and oxygen atoms in total. The fourth-order valence-corrected chi connectivity index (χ4v) is 2.11. The SMILES string of the molecule is CC.C[N+]1(Cc2ccc([N+](=O)[O-])cc2)CCOCC1. The standard InChI is InChI=1S/C12H17N2O3.C2H6/c1-14(6-8-17-9-7-14)10-11-2-4-12(5-3-11)13(15)16;1-2/h2-5H,6-10H2,1H3;1-2H3/q+1;. The average molecular weight is 267 g/mol. The summed E-state index contributed by atoms with van der Waals surface area (Å²) in [6, 6.07) is 6.83. The molecule has 1 aromatic carbocycles. The van der Waals surface area contributed by atoms with E-state index >= 15 is 0 Å². The molecule has 0 atom stereocenters. The number of ether oxygens (including phenoxy) is 1. The van der Waals surface area contributed by atoms with Crippen molar-refractivity contribution >= 4 is 5.69 Å². The van der Waals surface area contributed by atoms with Gasteiger partial charge in [-0.25, -0.2) is 0 Å². The van der Waals surface area contributed by atoms with Crippen molar-refractivity contribution in [2.75, 3.05) is 33.4 Å². The highest BCUT2D eigenvalue weighted by Crippen LogP contribution is 2.17. The van der Waals surface area contributed by atoms with E-state index in [0.29, 0.717) is 0 Å². The molecule has 0 spiro atoms. The third kappa shape index (κ3) is 4.61. The molecule has 1 heterocycles. The van der Waals surface area contributed by atoms with Crippen molar-refractivity contribution in [2.45, 2.75) is 20.4 Å². The number of benzene rings is 1. The minimum atomic E-state index is -0.366. The van der Waals surface area contributed by atoms with Gasteiger partial charge >= 0.3 is 0 Å². The molecule has 1 aromatic rings. The van der Waals surface area contributed by atoms with E-state index in [0.717, 1.165) is 42.9 Å². The van der Waals surface area contributed by atoms with Crippen molar-refractivity contribution in [3.63, 3.8) is 0 Å². The number of hydrogen-bond donors (Lipinski definition) is 0. The number of rotatable bonds is 3. The van der Waals surface area contributed by atoms with Gasteiger partial charge in [-0.15, -0.1) is 0 Å². The number of nitrogens with zero attached hydrogens (tertiary/aromatic N) is 2. The molecule has 0 bridgehead atoms. The summed E-state index contributed by atoms with van der Waals surface area (Å²) in [6.45, 7) is 8.49. The first-order chi connectivity index (χ1) is 9.09. The second-order valence-electron chi connectivity index (χ2n) is 4.76. The summed E-state index contributed by atoms with van der Waals surface area (Å²) < 4.78 is 6.29. The van der Waals surface area contributed by atoms with Crippen LogP contribution in [0.5, 0.6) is 0 Å². The number of non-ortho nitro benzene ring substituents is 1. The normalized spacial score (nSPS) is 17.2. The average Bonchev–Trinajstić information content (AvgIpc) is 2.42. The highest BCUT2D eigenvalue weighted by Gasteiger charge is 2.25. The zero-order valence-corrected chi connectivity index (χ0v) is 12.0. The van der Waals surface area contributed by atoms with Crippen LogP contribution in [-0.2, 0) is 11.3 Å². The van der Waals surface area contributed by atoms with Crippen molar-refractivity contribution < 1.29 is 14.1 Å². The van der Waals surface area contributed by atoms with Gasteiger partial charge in [0.25, 0.3) is 5.69 Å². The van der Waals surface area contributed by atoms with Crippen molar-refractivity contribution in [2.24, 2.45) is 0 Å². The van der Waals surface area contributed by atoms with E-state index in [1.165, 1.54) is 0 Å². The van der Waals surface area contributed by atoms with Gasteiger partial charge in [0, 0.05) is 17.7 Å². The molecular formula is C14H23N2O3+. The van der Waals surface area contributed by atoms with Crippen LogP contribution in [0.1, 0.15) is 19.4 Å². The van der Waals surface area contributed by atoms with E-state index in [2.05, 4.69) is 7.05 Å². The molecule has 106 valence electrons. The van der Waals surface area contributed by atoms with Crippen LogP contribution in [-0.4, -0.2) is 42.8 Å². The molecule has 0 saturated carbocycles. The summed E-state index contributed by atoms with van der Waals surface area (Å²) in [6.07, 6.45) is 0. The molecule has 1 fully saturated rings. The summed E-state index contributed by atoms with van der Waals surface area (Å²) in [5, 5.41) is 10.6. The van der Waals surface area contributed by atoms with Gasteiger partial charge in [-0.2, -0.15) is 0 Å². The first-order valence-electron chi connectivity index (χ1n) is 6.74.